The van der Waals surface area contributed by atoms with Gasteiger partial charge in [-0.25, -0.2) is 0 Å². The average Bonchev–Trinajstić information content (AvgIpc) is 3.41. The highest BCUT2D eigenvalue weighted by molar-refractivity contribution is 8.00. The summed E-state index contributed by atoms with van der Waals surface area (Å²) >= 11 is 8.93. The Morgan fingerprint density at radius 1 is 0.889 bits per heavy atom. The number of halogens is 1. The van der Waals surface area contributed by atoms with Crippen LogP contribution in [0.3, 0.4) is 0 Å². The SMILES string of the molecule is O=C(Nc1cccc(SCC(=O)c2ccccc2Cl)c1)/C(=C/c1cccs1)NC(=O)c1ccccc1. The molecule has 8 heteroatoms. The summed E-state index contributed by atoms with van der Waals surface area (Å²) in [6, 6.07) is 26.6. The molecular formula is C28H21ClN2O3S2. The van der Waals surface area contributed by atoms with Crippen LogP contribution in [0.25, 0.3) is 6.08 Å². The molecule has 0 aliphatic rings. The maximum Gasteiger partial charge on any atom is 0.272 e. The van der Waals surface area contributed by atoms with E-state index in [4.69, 9.17) is 11.6 Å². The zero-order chi connectivity index (χ0) is 25.3. The summed E-state index contributed by atoms with van der Waals surface area (Å²) in [6.07, 6.45) is 1.64. The van der Waals surface area contributed by atoms with Crippen molar-refractivity contribution in [2.75, 3.05) is 11.1 Å². The predicted octanol–water partition coefficient (Wildman–Crippen LogP) is 6.79. The highest BCUT2D eigenvalue weighted by atomic mass is 35.5. The zero-order valence-electron chi connectivity index (χ0n) is 18.9. The van der Waals surface area contributed by atoms with Crippen LogP contribution in [-0.4, -0.2) is 23.4 Å². The lowest BCUT2D eigenvalue weighted by molar-refractivity contribution is -0.113. The monoisotopic (exact) mass is 532 g/mol. The largest absolute Gasteiger partial charge is 0.321 e. The third-order valence-corrected chi connectivity index (χ3v) is 7.14. The fraction of sp³-hybridized carbons (Fsp3) is 0.0357. The Morgan fingerprint density at radius 2 is 1.67 bits per heavy atom. The lowest BCUT2D eigenvalue weighted by Crippen LogP contribution is -2.30. The van der Waals surface area contributed by atoms with Crippen molar-refractivity contribution in [2.24, 2.45) is 0 Å². The number of nitrogens with one attached hydrogen (secondary N) is 2. The molecule has 2 N–H and O–H groups in total. The van der Waals surface area contributed by atoms with Crippen molar-refractivity contribution in [3.05, 3.63) is 123 Å². The maximum absolute atomic E-state index is 13.1. The van der Waals surface area contributed by atoms with Crippen LogP contribution < -0.4 is 10.6 Å². The number of thiophene rings is 1. The molecule has 4 rings (SSSR count). The molecule has 0 saturated carbocycles. The van der Waals surface area contributed by atoms with Crippen LogP contribution >= 0.6 is 34.7 Å². The smallest absolute Gasteiger partial charge is 0.272 e. The molecule has 1 aromatic heterocycles. The second-order valence-electron chi connectivity index (χ2n) is 7.57. The molecule has 5 nitrogen and oxygen atoms in total. The van der Waals surface area contributed by atoms with Gasteiger partial charge in [-0.2, -0.15) is 0 Å². The molecule has 0 aliphatic carbocycles. The number of hydrogen-bond acceptors (Lipinski definition) is 5. The number of carbonyl (C=O) groups excluding carboxylic acids is 3. The van der Waals surface area contributed by atoms with Gasteiger partial charge in [0.15, 0.2) is 5.78 Å². The van der Waals surface area contributed by atoms with Crippen molar-refractivity contribution in [3.63, 3.8) is 0 Å². The van der Waals surface area contributed by atoms with Crippen molar-refractivity contribution < 1.29 is 14.4 Å². The third kappa shape index (κ3) is 6.95. The van der Waals surface area contributed by atoms with Gasteiger partial charge in [-0.15, -0.1) is 23.1 Å². The molecule has 2 amide bonds. The molecule has 0 bridgehead atoms. The molecule has 0 fully saturated rings. The van der Waals surface area contributed by atoms with E-state index in [-0.39, 0.29) is 23.1 Å². The fourth-order valence-corrected chi connectivity index (χ4v) is 4.97. The van der Waals surface area contributed by atoms with Gasteiger partial charge in [-0.05, 0) is 60.0 Å². The average molecular weight is 533 g/mol. The Kier molecular flexibility index (Phi) is 8.73. The first-order chi connectivity index (χ1) is 17.5. The maximum atomic E-state index is 13.1. The minimum Gasteiger partial charge on any atom is -0.321 e. The number of Topliss-reactive ketones (excluding diaryl/α,β-unsaturated/α-hetero) is 1. The van der Waals surface area contributed by atoms with Gasteiger partial charge in [0.2, 0.25) is 0 Å². The molecule has 0 spiro atoms. The first-order valence-corrected chi connectivity index (χ1v) is 13.2. The zero-order valence-corrected chi connectivity index (χ0v) is 21.3. The van der Waals surface area contributed by atoms with E-state index >= 15 is 0 Å². The lowest BCUT2D eigenvalue weighted by atomic mass is 10.1. The Balaban J connectivity index is 1.46. The van der Waals surface area contributed by atoms with Crippen LogP contribution in [0.2, 0.25) is 5.02 Å². The second kappa shape index (κ2) is 12.4. The summed E-state index contributed by atoms with van der Waals surface area (Å²) in [5.41, 5.74) is 1.59. The van der Waals surface area contributed by atoms with E-state index in [2.05, 4.69) is 10.6 Å². The van der Waals surface area contributed by atoms with Crippen LogP contribution in [0.1, 0.15) is 25.6 Å². The molecule has 4 aromatic rings. The number of rotatable bonds is 9. The molecule has 0 unspecified atom stereocenters. The highest BCUT2D eigenvalue weighted by Crippen LogP contribution is 2.25. The standard InChI is InChI=1S/C28H21ClN2O3S2/c29-24-14-5-4-13-23(24)26(32)18-36-21-11-6-10-20(16-21)30-28(34)25(17-22-12-7-15-35-22)31-27(33)19-8-2-1-3-9-19/h1-17H,18H2,(H,30,34)(H,31,33)/b25-17-. The van der Waals surface area contributed by atoms with Crippen molar-refractivity contribution in [2.45, 2.75) is 4.90 Å². The summed E-state index contributed by atoms with van der Waals surface area (Å²) in [5, 5.41) is 7.88. The summed E-state index contributed by atoms with van der Waals surface area (Å²) in [4.78, 5) is 40.0. The minimum atomic E-state index is -0.457. The molecule has 0 aliphatic heterocycles. The van der Waals surface area contributed by atoms with Crippen LogP contribution in [0.15, 0.2) is 107 Å². The molecule has 3 aromatic carbocycles. The number of amides is 2. The van der Waals surface area contributed by atoms with Gasteiger partial charge in [0.25, 0.3) is 11.8 Å². The van der Waals surface area contributed by atoms with Crippen LogP contribution in [0, 0.1) is 0 Å². The fourth-order valence-electron chi connectivity index (χ4n) is 3.23. The van der Waals surface area contributed by atoms with Gasteiger partial charge in [-0.1, -0.05) is 54.1 Å². The topological polar surface area (TPSA) is 75.3 Å². The summed E-state index contributed by atoms with van der Waals surface area (Å²) in [6.45, 7) is 0. The Labute approximate surface area is 222 Å². The number of hydrogen-bond donors (Lipinski definition) is 2. The number of thioether (sulfide) groups is 1. The van der Waals surface area contributed by atoms with Gasteiger partial charge in [0.1, 0.15) is 5.70 Å². The van der Waals surface area contributed by atoms with E-state index in [0.29, 0.717) is 21.8 Å². The van der Waals surface area contributed by atoms with E-state index < -0.39 is 5.91 Å². The van der Waals surface area contributed by atoms with Crippen LogP contribution in [-0.2, 0) is 4.79 Å². The molecule has 180 valence electrons. The number of carbonyl (C=O) groups is 3. The first kappa shape index (κ1) is 25.4. The van der Waals surface area contributed by atoms with Crippen LogP contribution in [0.4, 0.5) is 5.69 Å². The molecule has 1 heterocycles. The minimum absolute atomic E-state index is 0.0789. The van der Waals surface area contributed by atoms with Crippen molar-refractivity contribution in [1.29, 1.82) is 0 Å². The van der Waals surface area contributed by atoms with Crippen molar-refractivity contribution in [1.82, 2.24) is 5.32 Å². The van der Waals surface area contributed by atoms with E-state index in [0.717, 1.165) is 9.77 Å². The molecular weight excluding hydrogens is 512 g/mol. The van der Waals surface area contributed by atoms with Crippen molar-refractivity contribution >= 4 is 64.1 Å². The Bertz CT molecular complexity index is 1400. The van der Waals surface area contributed by atoms with Gasteiger partial charge in [0, 0.05) is 26.6 Å². The van der Waals surface area contributed by atoms with Gasteiger partial charge in [-0.3, -0.25) is 14.4 Å². The van der Waals surface area contributed by atoms with E-state index in [1.54, 1.807) is 72.8 Å². The quantitative estimate of drug-likeness (QED) is 0.141. The summed E-state index contributed by atoms with van der Waals surface area (Å²) < 4.78 is 0. The van der Waals surface area contributed by atoms with Crippen LogP contribution in [0.5, 0.6) is 0 Å². The predicted molar refractivity (Wildman–Crippen MR) is 148 cm³/mol. The normalized spacial score (nSPS) is 11.1. The van der Waals surface area contributed by atoms with E-state index in [1.807, 2.05) is 29.6 Å². The Morgan fingerprint density at radius 3 is 2.42 bits per heavy atom. The highest BCUT2D eigenvalue weighted by Gasteiger charge is 2.16. The molecule has 0 radical (unpaired) electrons. The molecule has 0 atom stereocenters. The number of anilines is 1. The number of ketones is 1. The number of benzene rings is 3. The van der Waals surface area contributed by atoms with Gasteiger partial charge < -0.3 is 10.6 Å². The summed E-state index contributed by atoms with van der Waals surface area (Å²) in [5.74, 6) is -0.708. The summed E-state index contributed by atoms with van der Waals surface area (Å²) in [7, 11) is 0. The Hall–Kier alpha value is -3.65. The third-order valence-electron chi connectivity index (χ3n) is 4.99. The lowest BCUT2D eigenvalue weighted by Gasteiger charge is -2.12. The van der Waals surface area contributed by atoms with Crippen molar-refractivity contribution in [3.8, 4) is 0 Å². The first-order valence-electron chi connectivity index (χ1n) is 10.9. The van der Waals surface area contributed by atoms with Gasteiger partial charge in [0.05, 0.1) is 10.8 Å². The molecule has 0 saturated heterocycles. The molecule has 36 heavy (non-hydrogen) atoms. The van der Waals surface area contributed by atoms with E-state index in [9.17, 15) is 14.4 Å². The van der Waals surface area contributed by atoms with E-state index in [1.165, 1.54) is 23.1 Å². The van der Waals surface area contributed by atoms with Gasteiger partial charge >= 0.3 is 0 Å². The second-order valence-corrected chi connectivity index (χ2v) is 10.0.